The molecule has 5 rings (SSSR count). The zero-order chi connectivity index (χ0) is 32.2. The average Bonchev–Trinajstić information content (AvgIpc) is 3.39. The number of aliphatic hydroxyl groups excluding tert-OH is 1. The fourth-order valence-corrected chi connectivity index (χ4v) is 11.0. The van der Waals surface area contributed by atoms with Crippen LogP contribution in [0.15, 0.2) is 30.3 Å². The molecule has 4 aliphatic rings. The Kier molecular flexibility index (Phi) is 11.9. The molecular weight excluding hydrogens is 609 g/mol. The molecule has 1 N–H and O–H groups in total. The van der Waals surface area contributed by atoms with Gasteiger partial charge in [0.15, 0.2) is 0 Å². The molecule has 45 heavy (non-hydrogen) atoms. The smallest absolute Gasteiger partial charge is 0.320 e. The number of benzene rings is 1. The Balaban J connectivity index is 1.16. The van der Waals surface area contributed by atoms with E-state index in [-0.39, 0.29) is 41.5 Å². The summed E-state index contributed by atoms with van der Waals surface area (Å²) < 4.78 is 11.6. The molecule has 1 aromatic carbocycles. The minimum atomic E-state index is -0.329. The molecule has 0 aromatic heterocycles. The van der Waals surface area contributed by atoms with E-state index in [9.17, 15) is 14.7 Å². The maximum Gasteiger partial charge on any atom is 0.320 e. The van der Waals surface area contributed by atoms with Gasteiger partial charge in [-0.15, -0.1) is 23.2 Å². The summed E-state index contributed by atoms with van der Waals surface area (Å²) in [6.45, 7) is 8.94. The lowest BCUT2D eigenvalue weighted by Crippen LogP contribution is -2.59. The number of hydrogen-bond acceptors (Lipinski definition) is 6. The zero-order valence-corrected chi connectivity index (χ0v) is 29.1. The summed E-state index contributed by atoms with van der Waals surface area (Å²) >= 11 is 11.8. The number of hydrogen-bond donors (Lipinski definition) is 1. The summed E-state index contributed by atoms with van der Waals surface area (Å²) in [5.74, 6) is 3.57. The van der Waals surface area contributed by atoms with Crippen molar-refractivity contribution in [3.05, 3.63) is 35.9 Å². The number of rotatable bonds is 13. The summed E-state index contributed by atoms with van der Waals surface area (Å²) in [5.41, 5.74) is 1.07. The first-order chi connectivity index (χ1) is 21.6. The van der Waals surface area contributed by atoms with Gasteiger partial charge in [0, 0.05) is 31.3 Å². The Hall–Kier alpha value is -1.34. The topological polar surface area (TPSA) is 76.1 Å². The molecule has 0 bridgehead atoms. The van der Waals surface area contributed by atoms with Gasteiger partial charge in [0.2, 0.25) is 0 Å². The van der Waals surface area contributed by atoms with Crippen molar-refractivity contribution < 1.29 is 24.2 Å². The Morgan fingerprint density at radius 1 is 0.978 bits per heavy atom. The number of aliphatic hydroxyl groups is 1. The van der Waals surface area contributed by atoms with Crippen LogP contribution in [0, 0.1) is 46.3 Å². The number of fused-ring (bicyclic) bond motifs is 5. The number of carbonyl (C=O) groups is 2. The first-order valence-corrected chi connectivity index (χ1v) is 18.6. The van der Waals surface area contributed by atoms with E-state index in [2.05, 4.69) is 20.8 Å². The first-order valence-electron chi connectivity index (χ1n) is 17.5. The largest absolute Gasteiger partial charge is 0.461 e. The number of halogens is 2. The van der Waals surface area contributed by atoms with E-state index < -0.39 is 0 Å². The molecule has 0 saturated heterocycles. The second-order valence-corrected chi connectivity index (χ2v) is 15.9. The van der Waals surface area contributed by atoms with Gasteiger partial charge in [-0.3, -0.25) is 14.5 Å². The van der Waals surface area contributed by atoms with Crippen molar-refractivity contribution in [1.29, 1.82) is 0 Å². The number of esters is 2. The highest BCUT2D eigenvalue weighted by Crippen LogP contribution is 2.68. The minimum Gasteiger partial charge on any atom is -0.461 e. The third-order valence-electron chi connectivity index (χ3n) is 13.0. The van der Waals surface area contributed by atoms with Gasteiger partial charge in [-0.2, -0.15) is 0 Å². The van der Waals surface area contributed by atoms with Crippen molar-refractivity contribution in [1.82, 2.24) is 4.90 Å². The van der Waals surface area contributed by atoms with Crippen molar-refractivity contribution in [3.8, 4) is 0 Å². The van der Waals surface area contributed by atoms with Gasteiger partial charge in [-0.1, -0.05) is 51.1 Å². The van der Waals surface area contributed by atoms with Crippen molar-refractivity contribution in [3.63, 3.8) is 0 Å². The normalized spacial score (nSPS) is 36.5. The van der Waals surface area contributed by atoms with Crippen LogP contribution in [-0.2, 0) is 25.7 Å². The fraction of sp³-hybridized carbons (Fsp3) is 0.784. The number of carbonyl (C=O) groups excluding carboxylic acids is 2. The first kappa shape index (κ1) is 35.0. The summed E-state index contributed by atoms with van der Waals surface area (Å²) in [5, 5.41) is 11.9. The van der Waals surface area contributed by atoms with Gasteiger partial charge in [0.1, 0.15) is 12.7 Å². The van der Waals surface area contributed by atoms with Crippen LogP contribution >= 0.6 is 23.2 Å². The van der Waals surface area contributed by atoms with Crippen LogP contribution in [0.3, 0.4) is 0 Å². The van der Waals surface area contributed by atoms with E-state index in [4.69, 9.17) is 32.7 Å². The van der Waals surface area contributed by atoms with Crippen LogP contribution in [0.2, 0.25) is 0 Å². The molecule has 0 heterocycles. The standard InChI is InChI=1S/C37H55Cl2NO5/c1-25(9-14-34(42)44-24-26-7-5-4-6-8-26)30-12-13-31-29-11-10-27-21-28(45-35(43)23-40(19-17-38)20-18-39)15-16-36(27,2)32(29)22-33(41)37(30,31)3/h4-8,25,27-33,41H,9-24H2,1-3H3/t25-,27-,28-,29+,30-,31+,32+,33+,36+,37-/m1/s1. The lowest BCUT2D eigenvalue weighted by molar-refractivity contribution is -0.182. The molecule has 0 aliphatic heterocycles. The zero-order valence-electron chi connectivity index (χ0n) is 27.6. The molecule has 8 heteroatoms. The van der Waals surface area contributed by atoms with Gasteiger partial charge >= 0.3 is 11.9 Å². The monoisotopic (exact) mass is 663 g/mol. The van der Waals surface area contributed by atoms with Crippen molar-refractivity contribution >= 4 is 35.1 Å². The lowest BCUT2D eigenvalue weighted by atomic mass is 9.43. The third kappa shape index (κ3) is 7.55. The van der Waals surface area contributed by atoms with Gasteiger partial charge in [-0.05, 0) is 110 Å². The van der Waals surface area contributed by atoms with Crippen LogP contribution in [0.4, 0.5) is 0 Å². The lowest BCUT2D eigenvalue weighted by Gasteiger charge is -2.62. The van der Waals surface area contributed by atoms with Crippen LogP contribution < -0.4 is 0 Å². The maximum absolute atomic E-state index is 12.8. The molecular formula is C37H55Cl2NO5. The fourth-order valence-electron chi connectivity index (χ4n) is 10.5. The molecule has 10 atom stereocenters. The SMILES string of the molecule is C[C@H](CCC(=O)OCc1ccccc1)[C@H]1CC[C@H]2[C@@H]3CC[C@@H]4C[C@H](OC(=O)CN(CCCl)CCCl)CC[C@]4(C)[C@H]3C[C@H](O)[C@]12C. The van der Waals surface area contributed by atoms with E-state index in [1.165, 1.54) is 19.3 Å². The predicted octanol–water partition coefficient (Wildman–Crippen LogP) is 7.47. The van der Waals surface area contributed by atoms with Crippen LogP contribution in [0.1, 0.15) is 90.5 Å². The molecule has 4 aliphatic carbocycles. The molecule has 1 aromatic rings. The average molecular weight is 665 g/mol. The van der Waals surface area contributed by atoms with E-state index in [0.717, 1.165) is 44.1 Å². The molecule has 0 spiro atoms. The van der Waals surface area contributed by atoms with E-state index in [1.807, 2.05) is 35.2 Å². The summed E-state index contributed by atoms with van der Waals surface area (Å²) in [6, 6.07) is 9.84. The molecule has 6 nitrogen and oxygen atoms in total. The Morgan fingerprint density at radius 3 is 2.42 bits per heavy atom. The third-order valence-corrected chi connectivity index (χ3v) is 13.3. The Labute approximate surface area is 280 Å². The number of alkyl halides is 2. The van der Waals surface area contributed by atoms with E-state index in [0.29, 0.717) is 73.4 Å². The molecule has 0 unspecified atom stereocenters. The Morgan fingerprint density at radius 2 is 1.71 bits per heavy atom. The minimum absolute atomic E-state index is 0.0316. The van der Waals surface area contributed by atoms with Crippen LogP contribution in [0.5, 0.6) is 0 Å². The quantitative estimate of drug-likeness (QED) is 0.174. The van der Waals surface area contributed by atoms with Crippen LogP contribution in [-0.4, -0.2) is 65.5 Å². The molecule has 252 valence electrons. The van der Waals surface area contributed by atoms with E-state index >= 15 is 0 Å². The summed E-state index contributed by atoms with van der Waals surface area (Å²) in [7, 11) is 0. The highest BCUT2D eigenvalue weighted by atomic mass is 35.5. The van der Waals surface area contributed by atoms with Crippen molar-refractivity contribution in [2.75, 3.05) is 31.4 Å². The summed E-state index contributed by atoms with van der Waals surface area (Å²) in [6.07, 6.45) is 9.27. The van der Waals surface area contributed by atoms with E-state index in [1.54, 1.807) is 0 Å². The van der Waals surface area contributed by atoms with Gasteiger partial charge in [0.25, 0.3) is 0 Å². The van der Waals surface area contributed by atoms with Gasteiger partial charge in [-0.25, -0.2) is 0 Å². The van der Waals surface area contributed by atoms with Crippen LogP contribution in [0.25, 0.3) is 0 Å². The van der Waals surface area contributed by atoms with Gasteiger partial charge in [0.05, 0.1) is 12.6 Å². The second-order valence-electron chi connectivity index (χ2n) is 15.2. The molecule has 4 fully saturated rings. The second kappa shape index (κ2) is 15.3. The molecule has 0 radical (unpaired) electrons. The molecule has 4 saturated carbocycles. The van der Waals surface area contributed by atoms with Gasteiger partial charge < -0.3 is 14.6 Å². The van der Waals surface area contributed by atoms with Crippen molar-refractivity contribution in [2.45, 2.75) is 104 Å². The number of nitrogens with zero attached hydrogens (tertiary/aromatic N) is 1. The highest BCUT2D eigenvalue weighted by Gasteiger charge is 2.63. The maximum atomic E-state index is 12.8. The highest BCUT2D eigenvalue weighted by molar-refractivity contribution is 6.18. The Bertz CT molecular complexity index is 1130. The molecule has 0 amide bonds. The summed E-state index contributed by atoms with van der Waals surface area (Å²) in [4.78, 5) is 27.4. The van der Waals surface area contributed by atoms with Crippen molar-refractivity contribution in [2.24, 2.45) is 46.3 Å². The predicted molar refractivity (Wildman–Crippen MR) is 179 cm³/mol. The number of ether oxygens (including phenoxy) is 2.